The predicted molar refractivity (Wildman–Crippen MR) is 66.1 cm³/mol. The van der Waals surface area contributed by atoms with Gasteiger partial charge < -0.3 is 9.80 Å². The van der Waals surface area contributed by atoms with Gasteiger partial charge in [0, 0.05) is 36.9 Å². The summed E-state index contributed by atoms with van der Waals surface area (Å²) in [7, 11) is 2.15. The lowest BCUT2D eigenvalue weighted by Gasteiger charge is -2.39. The summed E-state index contributed by atoms with van der Waals surface area (Å²) in [5.41, 5.74) is 1.86. The Hall–Kier alpha value is -1.35. The van der Waals surface area contributed by atoms with Gasteiger partial charge in [-0.1, -0.05) is 12.1 Å². The fraction of sp³-hybridized carbons (Fsp3) is 0.462. The second-order valence-electron chi connectivity index (χ2n) is 4.45. The van der Waals surface area contributed by atoms with Crippen molar-refractivity contribution in [3.05, 3.63) is 29.8 Å². The lowest BCUT2D eigenvalue weighted by Crippen LogP contribution is -2.50. The quantitative estimate of drug-likeness (QED) is 0.705. The van der Waals surface area contributed by atoms with Gasteiger partial charge in [-0.25, -0.2) is 0 Å². The van der Waals surface area contributed by atoms with Crippen molar-refractivity contribution in [1.29, 1.82) is 0 Å². The Morgan fingerprint density at radius 3 is 2.75 bits per heavy atom. The maximum atomic E-state index is 11.0. The molecule has 0 radical (unpaired) electrons. The molecule has 1 aliphatic heterocycles. The molecule has 1 aromatic carbocycles. The summed E-state index contributed by atoms with van der Waals surface area (Å²) in [5, 5.41) is 0. The highest BCUT2D eigenvalue weighted by Gasteiger charge is 2.21. The molecule has 1 aromatic rings. The fourth-order valence-corrected chi connectivity index (χ4v) is 2.14. The number of hydrogen-bond donors (Lipinski definition) is 0. The van der Waals surface area contributed by atoms with Gasteiger partial charge in [-0.15, -0.1) is 0 Å². The Morgan fingerprint density at radius 2 is 2.06 bits per heavy atom. The zero-order valence-corrected chi connectivity index (χ0v) is 9.89. The number of benzene rings is 1. The van der Waals surface area contributed by atoms with Gasteiger partial charge in [-0.2, -0.15) is 0 Å². The maximum absolute atomic E-state index is 11.0. The smallest absolute Gasteiger partial charge is 0.152 e. The monoisotopic (exact) mass is 218 g/mol. The second-order valence-corrected chi connectivity index (χ2v) is 4.45. The first-order chi connectivity index (χ1) is 7.72. The first kappa shape index (κ1) is 11.1. The number of likely N-dealkylation sites (N-methyl/N-ethyl adjacent to an activating group) is 1. The van der Waals surface area contributed by atoms with Gasteiger partial charge in [0.05, 0.1) is 0 Å². The van der Waals surface area contributed by atoms with Crippen LogP contribution in [0.5, 0.6) is 0 Å². The molecule has 0 amide bonds. The SMILES string of the molecule is CC1CN(c2ccccc2C=O)CCN1C. The van der Waals surface area contributed by atoms with Crippen molar-refractivity contribution in [3.63, 3.8) is 0 Å². The van der Waals surface area contributed by atoms with Crippen molar-refractivity contribution in [2.75, 3.05) is 31.6 Å². The summed E-state index contributed by atoms with van der Waals surface area (Å²) in [6, 6.07) is 8.35. The van der Waals surface area contributed by atoms with Crippen molar-refractivity contribution in [2.24, 2.45) is 0 Å². The van der Waals surface area contributed by atoms with E-state index in [1.54, 1.807) is 0 Å². The van der Waals surface area contributed by atoms with Crippen molar-refractivity contribution in [2.45, 2.75) is 13.0 Å². The summed E-state index contributed by atoms with van der Waals surface area (Å²) in [5.74, 6) is 0. The van der Waals surface area contributed by atoms with Gasteiger partial charge >= 0.3 is 0 Å². The molecule has 1 heterocycles. The first-order valence-electron chi connectivity index (χ1n) is 5.72. The number of aldehydes is 1. The van der Waals surface area contributed by atoms with E-state index >= 15 is 0 Å². The number of para-hydroxylation sites is 1. The molecule has 0 aliphatic carbocycles. The number of nitrogens with zero attached hydrogens (tertiary/aromatic N) is 2. The zero-order valence-electron chi connectivity index (χ0n) is 9.89. The van der Waals surface area contributed by atoms with Gasteiger partial charge in [-0.05, 0) is 26.1 Å². The first-order valence-corrected chi connectivity index (χ1v) is 5.72. The Balaban J connectivity index is 2.21. The highest BCUT2D eigenvalue weighted by molar-refractivity contribution is 5.84. The van der Waals surface area contributed by atoms with E-state index in [0.29, 0.717) is 6.04 Å². The molecule has 16 heavy (non-hydrogen) atoms. The molecule has 1 aliphatic rings. The molecule has 2 rings (SSSR count). The number of piperazine rings is 1. The van der Waals surface area contributed by atoms with Crippen LogP contribution in [0.25, 0.3) is 0 Å². The van der Waals surface area contributed by atoms with E-state index in [4.69, 9.17) is 0 Å². The molecule has 3 nitrogen and oxygen atoms in total. The molecule has 0 saturated carbocycles. The lowest BCUT2D eigenvalue weighted by atomic mass is 10.1. The summed E-state index contributed by atoms with van der Waals surface area (Å²) >= 11 is 0. The standard InChI is InChI=1S/C13H18N2O/c1-11-9-15(8-7-14(11)2)13-6-4-3-5-12(13)10-16/h3-6,10-11H,7-9H2,1-2H3. The number of hydrogen-bond acceptors (Lipinski definition) is 3. The Morgan fingerprint density at radius 1 is 1.31 bits per heavy atom. The van der Waals surface area contributed by atoms with E-state index in [9.17, 15) is 4.79 Å². The Bertz CT molecular complexity index is 378. The molecule has 1 unspecified atom stereocenters. The molecular weight excluding hydrogens is 200 g/mol. The third kappa shape index (κ3) is 2.09. The minimum atomic E-state index is 0.536. The van der Waals surface area contributed by atoms with Crippen LogP contribution >= 0.6 is 0 Å². The third-order valence-corrected chi connectivity index (χ3v) is 3.36. The average Bonchev–Trinajstić information content (AvgIpc) is 2.32. The molecule has 1 saturated heterocycles. The van der Waals surface area contributed by atoms with Gasteiger partial charge in [0.1, 0.15) is 0 Å². The molecule has 0 aromatic heterocycles. The van der Waals surface area contributed by atoms with Crippen LogP contribution in [0.3, 0.4) is 0 Å². The Kier molecular flexibility index (Phi) is 3.25. The molecule has 86 valence electrons. The van der Waals surface area contributed by atoms with E-state index in [2.05, 4.69) is 23.8 Å². The van der Waals surface area contributed by atoms with E-state index in [1.807, 2.05) is 24.3 Å². The summed E-state index contributed by atoms with van der Waals surface area (Å²) in [6.07, 6.45) is 0.943. The molecule has 0 spiro atoms. The largest absolute Gasteiger partial charge is 0.368 e. The van der Waals surface area contributed by atoms with Crippen LogP contribution in [-0.2, 0) is 0 Å². The fourth-order valence-electron chi connectivity index (χ4n) is 2.14. The molecule has 0 bridgehead atoms. The van der Waals surface area contributed by atoms with E-state index in [-0.39, 0.29) is 0 Å². The average molecular weight is 218 g/mol. The summed E-state index contributed by atoms with van der Waals surface area (Å²) in [4.78, 5) is 15.6. The van der Waals surface area contributed by atoms with Gasteiger partial charge in [0.25, 0.3) is 0 Å². The van der Waals surface area contributed by atoms with Crippen LogP contribution in [0.2, 0.25) is 0 Å². The van der Waals surface area contributed by atoms with E-state index in [1.165, 1.54) is 0 Å². The molecule has 1 atom stereocenters. The Labute approximate surface area is 96.7 Å². The highest BCUT2D eigenvalue weighted by Crippen LogP contribution is 2.21. The van der Waals surface area contributed by atoms with Crippen LogP contribution in [0.15, 0.2) is 24.3 Å². The highest BCUT2D eigenvalue weighted by atomic mass is 16.1. The normalized spacial score (nSPS) is 22.1. The van der Waals surface area contributed by atoms with Crippen LogP contribution in [-0.4, -0.2) is 43.9 Å². The zero-order chi connectivity index (χ0) is 11.5. The van der Waals surface area contributed by atoms with Crippen LogP contribution in [0.4, 0.5) is 5.69 Å². The van der Waals surface area contributed by atoms with Gasteiger partial charge in [0.2, 0.25) is 0 Å². The van der Waals surface area contributed by atoms with Crippen LogP contribution in [0, 0.1) is 0 Å². The van der Waals surface area contributed by atoms with Crippen LogP contribution in [0.1, 0.15) is 17.3 Å². The van der Waals surface area contributed by atoms with Crippen molar-refractivity contribution >= 4 is 12.0 Å². The number of carbonyl (C=O) groups is 1. The minimum Gasteiger partial charge on any atom is -0.368 e. The second kappa shape index (κ2) is 4.66. The van der Waals surface area contributed by atoms with Crippen molar-refractivity contribution in [1.82, 2.24) is 4.90 Å². The topological polar surface area (TPSA) is 23.6 Å². The van der Waals surface area contributed by atoms with E-state index in [0.717, 1.165) is 37.2 Å². The summed E-state index contributed by atoms with van der Waals surface area (Å²) in [6.45, 7) is 5.25. The molecular formula is C13H18N2O. The van der Waals surface area contributed by atoms with E-state index < -0.39 is 0 Å². The molecule has 0 N–H and O–H groups in total. The number of anilines is 1. The minimum absolute atomic E-state index is 0.536. The third-order valence-electron chi connectivity index (χ3n) is 3.36. The summed E-state index contributed by atoms with van der Waals surface area (Å²) < 4.78 is 0. The molecule has 1 fully saturated rings. The van der Waals surface area contributed by atoms with Gasteiger partial charge in [0.15, 0.2) is 6.29 Å². The molecule has 3 heteroatoms. The number of carbonyl (C=O) groups excluding carboxylic acids is 1. The predicted octanol–water partition coefficient (Wildman–Crippen LogP) is 1.64. The maximum Gasteiger partial charge on any atom is 0.152 e. The van der Waals surface area contributed by atoms with Crippen LogP contribution < -0.4 is 4.90 Å². The lowest BCUT2D eigenvalue weighted by molar-refractivity contribution is 0.112. The van der Waals surface area contributed by atoms with Gasteiger partial charge in [-0.3, -0.25) is 4.79 Å². The van der Waals surface area contributed by atoms with Crippen molar-refractivity contribution in [3.8, 4) is 0 Å². The number of rotatable bonds is 2. The van der Waals surface area contributed by atoms with Crippen molar-refractivity contribution < 1.29 is 4.79 Å².